The van der Waals surface area contributed by atoms with E-state index in [1.54, 1.807) is 0 Å². The molecule has 6 nitrogen and oxygen atoms in total. The van der Waals surface area contributed by atoms with E-state index in [1.807, 2.05) is 53.2 Å². The van der Waals surface area contributed by atoms with Gasteiger partial charge in [0.1, 0.15) is 0 Å². The van der Waals surface area contributed by atoms with Crippen molar-refractivity contribution in [3.63, 3.8) is 0 Å². The van der Waals surface area contributed by atoms with E-state index >= 15 is 0 Å². The number of fused-ring (bicyclic) bond motifs is 1. The number of nitrogens with zero attached hydrogens (tertiary/aromatic N) is 3. The van der Waals surface area contributed by atoms with E-state index in [0.29, 0.717) is 32.7 Å². The molecule has 2 aromatic carbocycles. The van der Waals surface area contributed by atoms with Crippen LogP contribution in [0.25, 0.3) is 16.9 Å². The molecule has 1 N–H and O–H groups in total. The number of para-hydroxylation sites is 1. The van der Waals surface area contributed by atoms with Gasteiger partial charge in [0.15, 0.2) is 0 Å². The molecule has 1 aromatic heterocycles. The number of rotatable bonds is 5. The van der Waals surface area contributed by atoms with Crippen LogP contribution in [0.3, 0.4) is 0 Å². The summed E-state index contributed by atoms with van der Waals surface area (Å²) in [6.45, 7) is 3.01. The van der Waals surface area contributed by atoms with Gasteiger partial charge in [0.25, 0.3) is 0 Å². The Kier molecular flexibility index (Phi) is 4.89. The van der Waals surface area contributed by atoms with Gasteiger partial charge in [-0.05, 0) is 18.6 Å². The predicted octanol–water partition coefficient (Wildman–Crippen LogP) is 3.46. The van der Waals surface area contributed by atoms with Crippen LogP contribution >= 0.6 is 0 Å². The van der Waals surface area contributed by atoms with Crippen molar-refractivity contribution in [3.8, 4) is 16.9 Å². The maximum Gasteiger partial charge on any atom is 0.311 e. The summed E-state index contributed by atoms with van der Waals surface area (Å²) in [6, 6.07) is 20.2. The van der Waals surface area contributed by atoms with Crippen LogP contribution in [0.5, 0.6) is 0 Å². The molecule has 5 rings (SSSR count). The molecule has 0 spiro atoms. The lowest BCUT2D eigenvalue weighted by Gasteiger charge is -2.34. The van der Waals surface area contributed by atoms with E-state index in [9.17, 15) is 9.90 Å². The molecule has 30 heavy (non-hydrogen) atoms. The van der Waals surface area contributed by atoms with Crippen molar-refractivity contribution >= 4 is 5.97 Å². The Morgan fingerprint density at radius 1 is 1.13 bits per heavy atom. The number of aliphatic carboxylic acids is 1. The second kappa shape index (κ2) is 7.70. The maximum atomic E-state index is 12.1. The van der Waals surface area contributed by atoms with Crippen LogP contribution in [0.2, 0.25) is 0 Å². The first-order valence-corrected chi connectivity index (χ1v) is 10.4. The summed E-state index contributed by atoms with van der Waals surface area (Å²) in [4.78, 5) is 14.4. The smallest absolute Gasteiger partial charge is 0.311 e. The monoisotopic (exact) mass is 403 g/mol. The second-order valence-corrected chi connectivity index (χ2v) is 8.30. The highest BCUT2D eigenvalue weighted by molar-refractivity contribution is 5.76. The molecule has 2 saturated heterocycles. The van der Waals surface area contributed by atoms with Gasteiger partial charge >= 0.3 is 5.97 Å². The zero-order valence-electron chi connectivity index (χ0n) is 16.8. The highest BCUT2D eigenvalue weighted by Crippen LogP contribution is 2.43. The summed E-state index contributed by atoms with van der Waals surface area (Å²) in [7, 11) is 0. The molecule has 3 heterocycles. The van der Waals surface area contributed by atoms with Crippen LogP contribution in [-0.4, -0.2) is 52.1 Å². The normalized spacial score (nSPS) is 23.9. The summed E-state index contributed by atoms with van der Waals surface area (Å²) >= 11 is 0. The number of benzene rings is 2. The number of hydrogen-bond acceptors (Lipinski definition) is 4. The number of aromatic nitrogens is 2. The number of hydrogen-bond donors (Lipinski definition) is 1. The lowest BCUT2D eigenvalue weighted by molar-refractivity contribution is -0.157. The molecule has 6 heteroatoms. The number of carboxylic acid groups (broad SMARTS) is 1. The van der Waals surface area contributed by atoms with Gasteiger partial charge < -0.3 is 9.84 Å². The third-order valence-electron chi connectivity index (χ3n) is 6.46. The molecule has 2 aliphatic rings. The van der Waals surface area contributed by atoms with Gasteiger partial charge in [-0.1, -0.05) is 48.5 Å². The van der Waals surface area contributed by atoms with Crippen molar-refractivity contribution in [3.05, 3.63) is 72.4 Å². The molecular weight excluding hydrogens is 378 g/mol. The van der Waals surface area contributed by atoms with Gasteiger partial charge in [-0.3, -0.25) is 9.69 Å². The van der Waals surface area contributed by atoms with E-state index in [4.69, 9.17) is 9.84 Å². The van der Waals surface area contributed by atoms with Gasteiger partial charge in [-0.2, -0.15) is 5.10 Å². The van der Waals surface area contributed by atoms with Crippen LogP contribution < -0.4 is 0 Å². The largest absolute Gasteiger partial charge is 0.481 e. The Morgan fingerprint density at radius 3 is 2.57 bits per heavy atom. The molecule has 2 aliphatic heterocycles. The average Bonchev–Trinajstić information content (AvgIpc) is 3.37. The Labute approximate surface area is 175 Å². The van der Waals surface area contributed by atoms with Crippen LogP contribution in [0.1, 0.15) is 12.0 Å². The van der Waals surface area contributed by atoms with Gasteiger partial charge in [0.2, 0.25) is 0 Å². The first-order chi connectivity index (χ1) is 14.7. The number of ether oxygens (including phenoxy) is 1. The molecule has 0 bridgehead atoms. The minimum Gasteiger partial charge on any atom is -0.481 e. The molecule has 0 saturated carbocycles. The molecule has 0 unspecified atom stereocenters. The fourth-order valence-corrected chi connectivity index (χ4v) is 4.84. The molecule has 0 radical (unpaired) electrons. The Balaban J connectivity index is 1.48. The minimum atomic E-state index is -0.694. The van der Waals surface area contributed by atoms with Crippen LogP contribution in [0.4, 0.5) is 0 Å². The van der Waals surface area contributed by atoms with E-state index in [-0.39, 0.29) is 5.92 Å². The van der Waals surface area contributed by atoms with Crippen molar-refractivity contribution in [2.24, 2.45) is 11.3 Å². The summed E-state index contributed by atoms with van der Waals surface area (Å²) in [5.74, 6) is -0.658. The Hall–Kier alpha value is -2.96. The predicted molar refractivity (Wildman–Crippen MR) is 113 cm³/mol. The summed E-state index contributed by atoms with van der Waals surface area (Å²) in [5, 5.41) is 14.9. The zero-order valence-corrected chi connectivity index (χ0v) is 16.8. The van der Waals surface area contributed by atoms with Crippen LogP contribution in [0.15, 0.2) is 66.9 Å². The van der Waals surface area contributed by atoms with Crippen molar-refractivity contribution in [2.75, 3.05) is 26.3 Å². The molecular formula is C24H25N3O3. The van der Waals surface area contributed by atoms with Gasteiger partial charge in [0.05, 0.1) is 23.4 Å². The Bertz CT molecular complexity index is 1030. The third kappa shape index (κ3) is 3.32. The topological polar surface area (TPSA) is 67.6 Å². The van der Waals surface area contributed by atoms with E-state index in [2.05, 4.69) is 23.2 Å². The van der Waals surface area contributed by atoms with E-state index in [1.165, 1.54) is 0 Å². The Morgan fingerprint density at radius 2 is 1.87 bits per heavy atom. The molecule has 2 atom stereocenters. The highest BCUT2D eigenvalue weighted by atomic mass is 16.5. The van der Waals surface area contributed by atoms with E-state index in [0.717, 1.165) is 29.1 Å². The SMILES string of the molecule is O=C(O)[C@]12CCOC[C@H]1CN(Cc1cn(-c3ccccc3)nc1-c1ccccc1)C2. The van der Waals surface area contributed by atoms with Gasteiger partial charge in [0, 0.05) is 49.5 Å². The van der Waals surface area contributed by atoms with Crippen molar-refractivity contribution in [1.29, 1.82) is 0 Å². The van der Waals surface area contributed by atoms with Crippen molar-refractivity contribution in [1.82, 2.24) is 14.7 Å². The number of carboxylic acids is 1. The molecule has 154 valence electrons. The van der Waals surface area contributed by atoms with Gasteiger partial charge in [-0.15, -0.1) is 0 Å². The molecule has 0 amide bonds. The second-order valence-electron chi connectivity index (χ2n) is 8.30. The standard InChI is InChI=1S/C24H25N3O3/c28-23(29)24-11-12-30-16-20(24)15-26(17-24)13-19-14-27(21-9-5-2-6-10-21)25-22(19)18-7-3-1-4-8-18/h1-10,14,20H,11-13,15-17H2,(H,28,29)/t20-,24+/m1/s1. The molecule has 0 aliphatic carbocycles. The average molecular weight is 403 g/mol. The molecule has 2 fully saturated rings. The third-order valence-corrected chi connectivity index (χ3v) is 6.46. The summed E-state index contributed by atoms with van der Waals surface area (Å²) < 4.78 is 7.52. The quantitative estimate of drug-likeness (QED) is 0.707. The molecule has 3 aromatic rings. The first-order valence-electron chi connectivity index (χ1n) is 10.4. The lowest BCUT2D eigenvalue weighted by Crippen LogP contribution is -2.44. The maximum absolute atomic E-state index is 12.1. The summed E-state index contributed by atoms with van der Waals surface area (Å²) in [6.07, 6.45) is 2.65. The number of likely N-dealkylation sites (tertiary alicyclic amines) is 1. The highest BCUT2D eigenvalue weighted by Gasteiger charge is 2.53. The van der Waals surface area contributed by atoms with E-state index < -0.39 is 11.4 Å². The fraction of sp³-hybridized carbons (Fsp3) is 0.333. The van der Waals surface area contributed by atoms with Crippen LogP contribution in [0, 0.1) is 11.3 Å². The fourth-order valence-electron chi connectivity index (χ4n) is 4.84. The lowest BCUT2D eigenvalue weighted by atomic mass is 9.74. The zero-order chi connectivity index (χ0) is 20.6. The van der Waals surface area contributed by atoms with Crippen molar-refractivity contribution in [2.45, 2.75) is 13.0 Å². The van der Waals surface area contributed by atoms with Crippen molar-refractivity contribution < 1.29 is 14.6 Å². The van der Waals surface area contributed by atoms with Crippen LogP contribution in [-0.2, 0) is 16.1 Å². The number of carbonyl (C=O) groups is 1. The van der Waals surface area contributed by atoms with Gasteiger partial charge in [-0.25, -0.2) is 4.68 Å². The summed E-state index contributed by atoms with van der Waals surface area (Å²) in [5.41, 5.74) is 3.42. The minimum absolute atomic E-state index is 0.0353. The first kappa shape index (κ1) is 19.0.